The summed E-state index contributed by atoms with van der Waals surface area (Å²) in [4.78, 5) is 15.3. The maximum Gasteiger partial charge on any atom is 0.273 e. The maximum atomic E-state index is 15.0. The van der Waals surface area contributed by atoms with Crippen molar-refractivity contribution in [2.75, 3.05) is 12.3 Å². The number of carbonyl (C=O) groups excluding carboxylic acids is 1. The SMILES string of the molecule is O=C(NCCS(=O)(=O)c1cn(Cc2ccc(-c3cnn(I)c3)cc2F)c2cc(F)cc(F)c12)c1cocn1. The minimum absolute atomic E-state index is 0.0308. The highest BCUT2D eigenvalue weighted by Gasteiger charge is 2.25. The van der Waals surface area contributed by atoms with Crippen molar-refractivity contribution >= 4 is 49.5 Å². The Bertz CT molecular complexity index is 1770. The number of benzene rings is 2. The number of carbonyl (C=O) groups is 1. The van der Waals surface area contributed by atoms with E-state index in [9.17, 15) is 22.0 Å². The van der Waals surface area contributed by atoms with E-state index in [-0.39, 0.29) is 35.2 Å². The van der Waals surface area contributed by atoms with Gasteiger partial charge in [0.25, 0.3) is 5.91 Å². The summed E-state index contributed by atoms with van der Waals surface area (Å²) in [7, 11) is -4.15. The third kappa shape index (κ3) is 5.18. The maximum absolute atomic E-state index is 15.0. The highest BCUT2D eigenvalue weighted by Crippen LogP contribution is 2.31. The molecule has 0 fully saturated rings. The highest BCUT2D eigenvalue weighted by atomic mass is 127. The molecule has 0 aliphatic rings. The van der Waals surface area contributed by atoms with Crippen molar-refractivity contribution in [2.45, 2.75) is 11.4 Å². The molecular weight excluding hydrogens is 638 g/mol. The number of amides is 1. The van der Waals surface area contributed by atoms with E-state index in [4.69, 9.17) is 4.42 Å². The average Bonchev–Trinajstić information content (AvgIpc) is 3.61. The van der Waals surface area contributed by atoms with E-state index in [2.05, 4.69) is 15.4 Å². The molecule has 0 radical (unpaired) electrons. The standard InChI is InChI=1S/C24H17F3IN5O4S/c25-17-6-19(27)23-21(7-17)32(9-15-2-1-14(5-18(15)26)16-8-31-33(28)10-16)11-22(23)38(35,36)4-3-29-24(34)20-12-37-13-30-20/h1-2,5-8,10-13H,3-4,9H2,(H,29,34). The van der Waals surface area contributed by atoms with Gasteiger partial charge in [-0.25, -0.2) is 29.5 Å². The van der Waals surface area contributed by atoms with Gasteiger partial charge in [0.15, 0.2) is 21.9 Å². The second-order valence-corrected chi connectivity index (χ2v) is 11.3. The van der Waals surface area contributed by atoms with Gasteiger partial charge in [-0.2, -0.15) is 5.10 Å². The molecule has 196 valence electrons. The number of nitrogens with zero attached hydrogens (tertiary/aromatic N) is 4. The molecule has 0 saturated heterocycles. The average molecular weight is 655 g/mol. The summed E-state index contributed by atoms with van der Waals surface area (Å²) in [6.07, 6.45) is 6.60. The molecule has 2 aromatic carbocycles. The van der Waals surface area contributed by atoms with E-state index in [1.165, 1.54) is 16.7 Å². The fraction of sp³-hybridized carbons (Fsp3) is 0.125. The van der Waals surface area contributed by atoms with Gasteiger partial charge in [0.05, 0.1) is 57.2 Å². The van der Waals surface area contributed by atoms with Gasteiger partial charge >= 0.3 is 0 Å². The molecule has 0 aliphatic heterocycles. The lowest BCUT2D eigenvalue weighted by atomic mass is 10.1. The molecule has 3 heterocycles. The van der Waals surface area contributed by atoms with Gasteiger partial charge in [0.1, 0.15) is 23.7 Å². The first-order valence-corrected chi connectivity index (χ1v) is 13.6. The molecule has 38 heavy (non-hydrogen) atoms. The van der Waals surface area contributed by atoms with Gasteiger partial charge in [-0.3, -0.25) is 4.79 Å². The molecule has 1 amide bonds. The largest absolute Gasteiger partial charge is 0.451 e. The zero-order valence-electron chi connectivity index (χ0n) is 19.2. The first kappa shape index (κ1) is 26.0. The van der Waals surface area contributed by atoms with E-state index < -0.39 is 43.8 Å². The van der Waals surface area contributed by atoms with Crippen molar-refractivity contribution in [3.05, 3.63) is 90.3 Å². The van der Waals surface area contributed by atoms with E-state index in [0.29, 0.717) is 17.2 Å². The first-order valence-electron chi connectivity index (χ1n) is 11.0. The Balaban J connectivity index is 1.45. The zero-order chi connectivity index (χ0) is 27.0. The molecular formula is C24H17F3IN5O4S. The molecule has 14 heteroatoms. The summed E-state index contributed by atoms with van der Waals surface area (Å²) in [6.45, 7) is -0.483. The number of hydrogen-bond acceptors (Lipinski definition) is 6. The van der Waals surface area contributed by atoms with Crippen molar-refractivity contribution in [2.24, 2.45) is 0 Å². The van der Waals surface area contributed by atoms with E-state index >= 15 is 4.39 Å². The van der Waals surface area contributed by atoms with Crippen molar-refractivity contribution in [1.29, 1.82) is 0 Å². The summed E-state index contributed by atoms with van der Waals surface area (Å²) in [5, 5.41) is 6.13. The van der Waals surface area contributed by atoms with Gasteiger partial charge < -0.3 is 14.3 Å². The van der Waals surface area contributed by atoms with Crippen LogP contribution in [0.3, 0.4) is 0 Å². The molecule has 9 nitrogen and oxygen atoms in total. The zero-order valence-corrected chi connectivity index (χ0v) is 22.2. The van der Waals surface area contributed by atoms with Crippen molar-refractivity contribution in [1.82, 2.24) is 22.9 Å². The number of rotatable bonds is 8. The predicted octanol–water partition coefficient (Wildman–Crippen LogP) is 4.36. The monoisotopic (exact) mass is 655 g/mol. The van der Waals surface area contributed by atoms with Gasteiger partial charge in [0, 0.05) is 36.1 Å². The van der Waals surface area contributed by atoms with E-state index in [1.807, 2.05) is 22.9 Å². The second kappa shape index (κ2) is 10.2. The lowest BCUT2D eigenvalue weighted by Gasteiger charge is -2.08. The van der Waals surface area contributed by atoms with Gasteiger partial charge in [-0.05, 0) is 17.7 Å². The first-order chi connectivity index (χ1) is 18.1. The normalized spacial score (nSPS) is 11.8. The van der Waals surface area contributed by atoms with Crippen LogP contribution >= 0.6 is 22.9 Å². The van der Waals surface area contributed by atoms with Crippen LogP contribution in [-0.2, 0) is 16.4 Å². The summed E-state index contributed by atoms with van der Waals surface area (Å²) in [5.74, 6) is -3.78. The summed E-state index contributed by atoms with van der Waals surface area (Å²) in [6, 6.07) is 6.08. The summed E-state index contributed by atoms with van der Waals surface area (Å²) >= 11 is 1.96. The number of halogens is 4. The fourth-order valence-electron chi connectivity index (χ4n) is 3.98. The Morgan fingerprint density at radius 2 is 1.89 bits per heavy atom. The van der Waals surface area contributed by atoms with Crippen LogP contribution in [0.2, 0.25) is 0 Å². The molecule has 0 spiro atoms. The quantitative estimate of drug-likeness (QED) is 0.249. The number of hydrogen-bond donors (Lipinski definition) is 1. The Morgan fingerprint density at radius 1 is 1.08 bits per heavy atom. The number of fused-ring (bicyclic) bond motifs is 1. The smallest absolute Gasteiger partial charge is 0.273 e. The molecule has 0 saturated carbocycles. The van der Waals surface area contributed by atoms with Crippen LogP contribution in [0.5, 0.6) is 0 Å². The topological polar surface area (TPSA) is 112 Å². The molecule has 5 aromatic rings. The molecule has 0 bridgehead atoms. The second-order valence-electron chi connectivity index (χ2n) is 8.28. The van der Waals surface area contributed by atoms with Crippen LogP contribution in [0.1, 0.15) is 16.1 Å². The fourth-order valence-corrected chi connectivity index (χ4v) is 5.80. The summed E-state index contributed by atoms with van der Waals surface area (Å²) < 4.78 is 77.8. The number of sulfone groups is 1. The molecule has 0 aliphatic carbocycles. The Morgan fingerprint density at radius 3 is 2.58 bits per heavy atom. The van der Waals surface area contributed by atoms with Crippen molar-refractivity contribution in [3.63, 3.8) is 0 Å². The molecule has 0 unspecified atom stereocenters. The van der Waals surface area contributed by atoms with Crippen molar-refractivity contribution in [3.8, 4) is 11.1 Å². The van der Waals surface area contributed by atoms with E-state index in [1.54, 1.807) is 21.4 Å². The third-order valence-corrected chi connectivity index (χ3v) is 8.05. The summed E-state index contributed by atoms with van der Waals surface area (Å²) in [5.41, 5.74) is 1.38. The lowest BCUT2D eigenvalue weighted by Crippen LogP contribution is -2.29. The van der Waals surface area contributed by atoms with Crippen LogP contribution in [0.15, 0.2) is 70.9 Å². The number of aromatic nitrogens is 4. The number of oxazole rings is 1. The Labute approximate surface area is 227 Å². The third-order valence-electron chi connectivity index (χ3n) is 5.80. The molecule has 5 rings (SSSR count). The van der Waals surface area contributed by atoms with Crippen LogP contribution in [0.25, 0.3) is 22.0 Å². The molecule has 1 N–H and O–H groups in total. The minimum Gasteiger partial charge on any atom is -0.451 e. The Kier molecular flexibility index (Phi) is 7.00. The lowest BCUT2D eigenvalue weighted by molar-refractivity contribution is 0.0951. The van der Waals surface area contributed by atoms with Crippen LogP contribution in [0.4, 0.5) is 13.2 Å². The highest BCUT2D eigenvalue weighted by molar-refractivity contribution is 14.1. The van der Waals surface area contributed by atoms with Gasteiger partial charge in [-0.1, -0.05) is 12.1 Å². The van der Waals surface area contributed by atoms with Gasteiger partial charge in [0.2, 0.25) is 0 Å². The predicted molar refractivity (Wildman–Crippen MR) is 139 cm³/mol. The van der Waals surface area contributed by atoms with Gasteiger partial charge in [-0.15, -0.1) is 0 Å². The molecule has 0 atom stereocenters. The minimum atomic E-state index is -4.15. The van der Waals surface area contributed by atoms with Crippen LogP contribution < -0.4 is 5.32 Å². The Hall–Kier alpha value is -3.66. The van der Waals surface area contributed by atoms with Crippen LogP contribution in [0, 0.1) is 17.5 Å². The number of nitrogens with one attached hydrogen (secondary N) is 1. The molecule has 3 aromatic heterocycles. The van der Waals surface area contributed by atoms with Crippen LogP contribution in [-0.4, -0.2) is 44.2 Å². The van der Waals surface area contributed by atoms with Crippen molar-refractivity contribution < 1.29 is 30.8 Å². The van der Waals surface area contributed by atoms with E-state index in [0.717, 1.165) is 24.9 Å².